The van der Waals surface area contributed by atoms with Gasteiger partial charge < -0.3 is 25.5 Å². The molecule has 0 saturated heterocycles. The van der Waals surface area contributed by atoms with Crippen molar-refractivity contribution in [3.05, 3.63) is 30.5 Å². The van der Waals surface area contributed by atoms with Gasteiger partial charge in [0.2, 0.25) is 0 Å². The van der Waals surface area contributed by atoms with Crippen LogP contribution in [-0.2, 0) is 4.79 Å². The first kappa shape index (κ1) is 20.1. The Morgan fingerprint density at radius 3 is 2.73 bits per heavy atom. The summed E-state index contributed by atoms with van der Waals surface area (Å²) in [4.78, 5) is 13.9. The zero-order chi connectivity index (χ0) is 19.4. The maximum absolute atomic E-state index is 12.2. The molecule has 0 saturated carbocycles. The normalized spacial score (nSPS) is 13.6. The van der Waals surface area contributed by atoms with Crippen LogP contribution in [0.5, 0.6) is 5.75 Å². The number of aliphatic hydroxyl groups is 1. The van der Waals surface area contributed by atoms with Gasteiger partial charge in [-0.05, 0) is 32.0 Å². The molecule has 1 aromatic carbocycles. The van der Waals surface area contributed by atoms with E-state index >= 15 is 0 Å². The van der Waals surface area contributed by atoms with Crippen LogP contribution in [0.3, 0.4) is 0 Å². The SMILES string of the molecule is CC(C)(CNC(=O)C(F)(F)F)NCC(O)COc1cccc2[nH]ccc12. The predicted octanol–water partition coefficient (Wildman–Crippen LogP) is 1.95. The second kappa shape index (κ2) is 7.96. The Morgan fingerprint density at radius 2 is 2.04 bits per heavy atom. The number of nitrogens with one attached hydrogen (secondary N) is 3. The summed E-state index contributed by atoms with van der Waals surface area (Å²) in [5.41, 5.74) is 0.0828. The molecule has 4 N–H and O–H groups in total. The van der Waals surface area contributed by atoms with Crippen molar-refractivity contribution in [2.24, 2.45) is 0 Å². The molecule has 0 aliphatic rings. The number of aromatic amines is 1. The number of aromatic nitrogens is 1. The van der Waals surface area contributed by atoms with Crippen LogP contribution in [0.1, 0.15) is 13.8 Å². The summed E-state index contributed by atoms with van der Waals surface area (Å²) in [7, 11) is 0. The van der Waals surface area contributed by atoms with E-state index in [1.165, 1.54) is 0 Å². The molecule has 1 unspecified atom stereocenters. The second-order valence-electron chi connectivity index (χ2n) is 6.61. The third-order valence-electron chi connectivity index (χ3n) is 3.75. The number of fused-ring (bicyclic) bond motifs is 1. The Hall–Kier alpha value is -2.26. The zero-order valence-electron chi connectivity index (χ0n) is 14.5. The molecule has 2 rings (SSSR count). The summed E-state index contributed by atoms with van der Waals surface area (Å²) in [6.45, 7) is 3.12. The Morgan fingerprint density at radius 1 is 1.31 bits per heavy atom. The van der Waals surface area contributed by atoms with E-state index in [1.807, 2.05) is 23.5 Å². The fourth-order valence-electron chi connectivity index (χ4n) is 2.29. The molecule has 0 spiro atoms. The van der Waals surface area contributed by atoms with E-state index in [1.54, 1.807) is 26.1 Å². The number of H-pyrrole nitrogens is 1. The number of halogens is 3. The van der Waals surface area contributed by atoms with Gasteiger partial charge in [0.1, 0.15) is 18.5 Å². The van der Waals surface area contributed by atoms with E-state index in [0.717, 1.165) is 10.9 Å². The van der Waals surface area contributed by atoms with Gasteiger partial charge in [0, 0.05) is 35.7 Å². The minimum Gasteiger partial charge on any atom is -0.490 e. The van der Waals surface area contributed by atoms with E-state index in [0.29, 0.717) is 5.75 Å². The third-order valence-corrected chi connectivity index (χ3v) is 3.75. The summed E-state index contributed by atoms with van der Waals surface area (Å²) in [6, 6.07) is 7.37. The maximum Gasteiger partial charge on any atom is 0.471 e. The number of benzene rings is 1. The lowest BCUT2D eigenvalue weighted by molar-refractivity contribution is -0.173. The summed E-state index contributed by atoms with van der Waals surface area (Å²) in [6.07, 6.45) is -4.00. The Labute approximate surface area is 148 Å². The van der Waals surface area contributed by atoms with Crippen molar-refractivity contribution < 1.29 is 27.8 Å². The monoisotopic (exact) mass is 373 g/mol. The Balaban J connectivity index is 1.78. The lowest BCUT2D eigenvalue weighted by atomic mass is 10.1. The molecule has 1 aromatic heterocycles. The fourth-order valence-corrected chi connectivity index (χ4v) is 2.29. The number of carbonyl (C=O) groups excluding carboxylic acids is 1. The first-order chi connectivity index (χ1) is 12.1. The number of aliphatic hydroxyl groups excluding tert-OH is 1. The minimum atomic E-state index is -4.91. The molecule has 0 aliphatic heterocycles. The first-order valence-corrected chi connectivity index (χ1v) is 8.05. The highest BCUT2D eigenvalue weighted by Crippen LogP contribution is 2.24. The molecule has 1 atom stereocenters. The van der Waals surface area contributed by atoms with E-state index in [9.17, 15) is 23.1 Å². The molecular weight excluding hydrogens is 351 g/mol. The lowest BCUT2D eigenvalue weighted by Crippen LogP contribution is -2.53. The zero-order valence-corrected chi connectivity index (χ0v) is 14.5. The third kappa shape index (κ3) is 5.63. The molecule has 6 nitrogen and oxygen atoms in total. The van der Waals surface area contributed by atoms with Crippen LogP contribution in [0.2, 0.25) is 0 Å². The number of amides is 1. The molecule has 0 aliphatic carbocycles. The van der Waals surface area contributed by atoms with Crippen LogP contribution in [0.15, 0.2) is 30.5 Å². The number of β-amino-alcohol motifs (C(OH)–C–C–N with tert-alkyl or cyclic N) is 1. The maximum atomic E-state index is 12.2. The van der Waals surface area contributed by atoms with Crippen molar-refractivity contribution >= 4 is 16.8 Å². The molecule has 1 heterocycles. The van der Waals surface area contributed by atoms with E-state index in [4.69, 9.17) is 4.74 Å². The summed E-state index contributed by atoms with van der Waals surface area (Å²) in [5, 5.41) is 15.7. The molecule has 9 heteroatoms. The topological polar surface area (TPSA) is 86.4 Å². The van der Waals surface area contributed by atoms with Gasteiger partial charge in [-0.15, -0.1) is 0 Å². The molecule has 0 bridgehead atoms. The molecule has 0 fully saturated rings. The van der Waals surface area contributed by atoms with Crippen LogP contribution in [0.4, 0.5) is 13.2 Å². The van der Waals surface area contributed by atoms with Gasteiger partial charge >= 0.3 is 12.1 Å². The molecular formula is C17H22F3N3O3. The van der Waals surface area contributed by atoms with Crippen LogP contribution >= 0.6 is 0 Å². The highest BCUT2D eigenvalue weighted by Gasteiger charge is 2.39. The molecule has 1 amide bonds. The van der Waals surface area contributed by atoms with Gasteiger partial charge in [-0.1, -0.05) is 6.07 Å². The van der Waals surface area contributed by atoms with Crippen molar-refractivity contribution in [1.82, 2.24) is 15.6 Å². The first-order valence-electron chi connectivity index (χ1n) is 8.05. The van der Waals surface area contributed by atoms with Crippen molar-refractivity contribution in [3.63, 3.8) is 0 Å². The van der Waals surface area contributed by atoms with Gasteiger partial charge in [0.05, 0.1) is 0 Å². The quantitative estimate of drug-likeness (QED) is 0.570. The van der Waals surface area contributed by atoms with Crippen LogP contribution < -0.4 is 15.4 Å². The predicted molar refractivity (Wildman–Crippen MR) is 90.9 cm³/mol. The number of alkyl halides is 3. The van der Waals surface area contributed by atoms with E-state index in [-0.39, 0.29) is 19.7 Å². The summed E-state index contributed by atoms with van der Waals surface area (Å²) >= 11 is 0. The standard InChI is InChI=1S/C17H22F3N3O3/c1-16(2,10-22-15(25)17(18,19)20)23-8-11(24)9-26-14-5-3-4-13-12(14)6-7-21-13/h3-7,11,21,23-24H,8-10H2,1-2H3,(H,22,25). The molecule has 26 heavy (non-hydrogen) atoms. The van der Waals surface area contributed by atoms with Gasteiger partial charge in [-0.3, -0.25) is 4.79 Å². The van der Waals surface area contributed by atoms with Crippen molar-refractivity contribution in [3.8, 4) is 5.75 Å². The van der Waals surface area contributed by atoms with Crippen molar-refractivity contribution in [2.45, 2.75) is 31.7 Å². The van der Waals surface area contributed by atoms with Gasteiger partial charge in [-0.2, -0.15) is 13.2 Å². The number of ether oxygens (including phenoxy) is 1. The van der Waals surface area contributed by atoms with Gasteiger partial charge in [0.25, 0.3) is 0 Å². The second-order valence-corrected chi connectivity index (χ2v) is 6.61. The highest BCUT2D eigenvalue weighted by atomic mass is 19.4. The van der Waals surface area contributed by atoms with E-state index in [2.05, 4.69) is 10.3 Å². The fraction of sp³-hybridized carbons (Fsp3) is 0.471. The van der Waals surface area contributed by atoms with Crippen LogP contribution in [0.25, 0.3) is 10.9 Å². The van der Waals surface area contributed by atoms with Crippen LogP contribution in [-0.4, -0.2) is 53.5 Å². The van der Waals surface area contributed by atoms with Crippen molar-refractivity contribution in [1.29, 1.82) is 0 Å². The number of hydrogen-bond acceptors (Lipinski definition) is 4. The smallest absolute Gasteiger partial charge is 0.471 e. The molecule has 2 aromatic rings. The lowest BCUT2D eigenvalue weighted by Gasteiger charge is -2.28. The summed E-state index contributed by atoms with van der Waals surface area (Å²) < 4.78 is 42.2. The number of rotatable bonds is 8. The average molecular weight is 373 g/mol. The van der Waals surface area contributed by atoms with Crippen molar-refractivity contribution in [2.75, 3.05) is 19.7 Å². The largest absolute Gasteiger partial charge is 0.490 e. The number of carbonyl (C=O) groups is 1. The molecule has 0 radical (unpaired) electrons. The number of hydrogen-bond donors (Lipinski definition) is 4. The Kier molecular flexibility index (Phi) is 6.14. The van der Waals surface area contributed by atoms with Gasteiger partial charge in [-0.25, -0.2) is 0 Å². The minimum absolute atomic E-state index is 0.0162. The van der Waals surface area contributed by atoms with Gasteiger partial charge in [0.15, 0.2) is 0 Å². The van der Waals surface area contributed by atoms with E-state index < -0.39 is 23.7 Å². The summed E-state index contributed by atoms with van der Waals surface area (Å²) in [5.74, 6) is -1.37. The highest BCUT2D eigenvalue weighted by molar-refractivity contribution is 5.85. The molecule has 144 valence electrons. The van der Waals surface area contributed by atoms with Crippen LogP contribution in [0, 0.1) is 0 Å². The average Bonchev–Trinajstić information content (AvgIpc) is 3.04. The Bertz CT molecular complexity index is 743.